The number of benzene rings is 2. The van der Waals surface area contributed by atoms with Gasteiger partial charge >= 0.3 is 12.0 Å². The number of ether oxygens (including phenoxy) is 1. The van der Waals surface area contributed by atoms with Gasteiger partial charge in [-0.2, -0.15) is 0 Å². The molecule has 1 heterocycles. The molecule has 3 rings (SSSR count). The predicted molar refractivity (Wildman–Crippen MR) is 118 cm³/mol. The second kappa shape index (κ2) is 8.17. The van der Waals surface area contributed by atoms with Gasteiger partial charge in [0.2, 0.25) is 0 Å². The summed E-state index contributed by atoms with van der Waals surface area (Å²) in [6.07, 6.45) is 0. The predicted octanol–water partition coefficient (Wildman–Crippen LogP) is 4.11. The van der Waals surface area contributed by atoms with Crippen LogP contribution < -0.4 is 5.32 Å². The van der Waals surface area contributed by atoms with E-state index in [-0.39, 0.29) is 12.0 Å². The summed E-state index contributed by atoms with van der Waals surface area (Å²) in [5, 5.41) is 2.69. The van der Waals surface area contributed by atoms with E-state index in [4.69, 9.17) is 4.74 Å². The maximum absolute atomic E-state index is 12.9. The number of carbonyl (C=O) groups excluding carboxylic acids is 3. The number of amides is 3. The number of hydrogen-bond acceptors (Lipinski definition) is 4. The number of carbonyl (C=O) groups is 3. The highest BCUT2D eigenvalue weighted by Gasteiger charge is 2.49. The number of imide groups is 1. The van der Waals surface area contributed by atoms with Crippen molar-refractivity contribution in [3.8, 4) is 0 Å². The highest BCUT2D eigenvalue weighted by atomic mass is 16.5. The molecule has 0 aromatic heterocycles. The van der Waals surface area contributed by atoms with E-state index in [1.807, 2.05) is 19.9 Å². The molecule has 3 amide bonds. The highest BCUT2D eigenvalue weighted by Crippen LogP contribution is 2.29. The molecule has 1 atom stereocenters. The molecule has 0 unspecified atom stereocenters. The Kier molecular flexibility index (Phi) is 5.94. The third-order valence-corrected chi connectivity index (χ3v) is 5.85. The molecule has 1 aliphatic heterocycles. The lowest BCUT2D eigenvalue weighted by molar-refractivity contribution is -0.148. The molecule has 1 N–H and O–H groups in total. The average molecular weight is 423 g/mol. The first-order valence-corrected chi connectivity index (χ1v) is 10.4. The van der Waals surface area contributed by atoms with Crippen LogP contribution >= 0.6 is 0 Å². The first-order chi connectivity index (χ1) is 14.4. The number of nitrogens with one attached hydrogen (secondary N) is 1. The van der Waals surface area contributed by atoms with Crippen molar-refractivity contribution < 1.29 is 19.1 Å². The van der Waals surface area contributed by atoms with E-state index in [9.17, 15) is 14.4 Å². The van der Waals surface area contributed by atoms with Crippen LogP contribution in [0, 0.1) is 13.8 Å². The third kappa shape index (κ3) is 4.48. The minimum Gasteiger partial charge on any atom is -0.459 e. The summed E-state index contributed by atoms with van der Waals surface area (Å²) in [6, 6.07) is 12.6. The molecule has 0 radical (unpaired) electrons. The SMILES string of the molecule is Cc1cc(C(C)(C)C)cc(C)c1COC(=O)CN1C(=O)N[C@@](C)(c2ccccc2)C1=O. The van der Waals surface area contributed by atoms with Crippen molar-refractivity contribution in [2.75, 3.05) is 6.54 Å². The molecule has 6 nitrogen and oxygen atoms in total. The molecule has 0 saturated carbocycles. The molecule has 0 spiro atoms. The zero-order chi connectivity index (χ0) is 23.0. The second-order valence-electron chi connectivity index (χ2n) is 9.31. The quantitative estimate of drug-likeness (QED) is 0.581. The molecule has 1 saturated heterocycles. The first-order valence-electron chi connectivity index (χ1n) is 10.4. The lowest BCUT2D eigenvalue weighted by Crippen LogP contribution is -2.41. The fraction of sp³-hybridized carbons (Fsp3) is 0.400. The van der Waals surface area contributed by atoms with E-state index >= 15 is 0 Å². The maximum Gasteiger partial charge on any atom is 0.326 e. The van der Waals surface area contributed by atoms with Crippen molar-refractivity contribution >= 4 is 17.9 Å². The molecular formula is C25H30N2O4. The molecule has 6 heteroatoms. The van der Waals surface area contributed by atoms with E-state index in [1.165, 1.54) is 5.56 Å². The van der Waals surface area contributed by atoms with Crippen molar-refractivity contribution in [2.24, 2.45) is 0 Å². The van der Waals surface area contributed by atoms with Crippen LogP contribution in [0.5, 0.6) is 0 Å². The Morgan fingerprint density at radius 2 is 1.65 bits per heavy atom. The minimum atomic E-state index is -1.20. The molecule has 2 aromatic carbocycles. The van der Waals surface area contributed by atoms with Crippen molar-refractivity contribution in [1.29, 1.82) is 0 Å². The number of urea groups is 1. The van der Waals surface area contributed by atoms with Crippen molar-refractivity contribution in [1.82, 2.24) is 10.2 Å². The third-order valence-electron chi connectivity index (χ3n) is 5.85. The number of hydrogen-bond donors (Lipinski definition) is 1. The topological polar surface area (TPSA) is 75.7 Å². The van der Waals surface area contributed by atoms with Crippen LogP contribution in [0.15, 0.2) is 42.5 Å². The van der Waals surface area contributed by atoms with Gasteiger partial charge in [0, 0.05) is 0 Å². The minimum absolute atomic E-state index is 0.0274. The van der Waals surface area contributed by atoms with Crippen molar-refractivity contribution in [3.63, 3.8) is 0 Å². The Balaban J connectivity index is 1.68. The van der Waals surface area contributed by atoms with E-state index in [1.54, 1.807) is 31.2 Å². The Morgan fingerprint density at radius 3 is 2.19 bits per heavy atom. The second-order valence-corrected chi connectivity index (χ2v) is 9.31. The normalized spacial score (nSPS) is 18.8. The number of nitrogens with zero attached hydrogens (tertiary/aromatic N) is 1. The molecule has 0 bridgehead atoms. The average Bonchev–Trinajstić information content (AvgIpc) is 2.91. The molecular weight excluding hydrogens is 392 g/mol. The van der Waals surface area contributed by atoms with E-state index in [0.717, 1.165) is 21.6 Å². The first kappa shape index (κ1) is 22.5. The summed E-state index contributed by atoms with van der Waals surface area (Å²) in [7, 11) is 0. The van der Waals surface area contributed by atoms with Crippen LogP contribution in [0.4, 0.5) is 4.79 Å². The molecule has 2 aromatic rings. The summed E-state index contributed by atoms with van der Waals surface area (Å²) in [5.74, 6) is -1.10. The zero-order valence-corrected chi connectivity index (χ0v) is 19.0. The Hall–Kier alpha value is -3.15. The van der Waals surface area contributed by atoms with Gasteiger partial charge in [0.15, 0.2) is 0 Å². The zero-order valence-electron chi connectivity index (χ0n) is 19.0. The van der Waals surface area contributed by atoms with Gasteiger partial charge in [-0.15, -0.1) is 0 Å². The number of aryl methyl sites for hydroxylation is 2. The van der Waals surface area contributed by atoms with Crippen LogP contribution in [-0.2, 0) is 31.9 Å². The Morgan fingerprint density at radius 1 is 1.06 bits per heavy atom. The standard InChI is InChI=1S/C25H30N2O4/c1-16-12-19(24(3,4)5)13-17(2)20(16)15-31-21(28)14-27-22(29)25(6,26-23(27)30)18-10-8-7-9-11-18/h7-13H,14-15H2,1-6H3,(H,26,30)/t25-/m0/s1. The summed E-state index contributed by atoms with van der Waals surface area (Å²) in [5.41, 5.74) is 3.74. The summed E-state index contributed by atoms with van der Waals surface area (Å²) in [4.78, 5) is 38.7. The Bertz CT molecular complexity index is 1000. The van der Waals surface area contributed by atoms with Crippen LogP contribution in [0.3, 0.4) is 0 Å². The van der Waals surface area contributed by atoms with Crippen LogP contribution in [0.2, 0.25) is 0 Å². The molecule has 164 valence electrons. The largest absolute Gasteiger partial charge is 0.459 e. The Labute approximate surface area is 183 Å². The summed E-state index contributed by atoms with van der Waals surface area (Å²) in [6.45, 7) is 11.8. The fourth-order valence-electron chi connectivity index (χ4n) is 3.79. The van der Waals surface area contributed by atoms with Gasteiger partial charge in [-0.05, 0) is 54.0 Å². The van der Waals surface area contributed by atoms with Gasteiger partial charge < -0.3 is 10.1 Å². The van der Waals surface area contributed by atoms with Crippen molar-refractivity contribution in [3.05, 3.63) is 70.3 Å². The molecule has 0 aliphatic carbocycles. The van der Waals surface area contributed by atoms with E-state index < -0.39 is 30.0 Å². The lowest BCUT2D eigenvalue weighted by Gasteiger charge is -2.23. The molecule has 1 fully saturated rings. The fourth-order valence-corrected chi connectivity index (χ4v) is 3.79. The number of esters is 1. The van der Waals surface area contributed by atoms with Crippen LogP contribution in [0.1, 0.15) is 55.5 Å². The smallest absolute Gasteiger partial charge is 0.326 e. The lowest BCUT2D eigenvalue weighted by atomic mass is 9.84. The molecule has 31 heavy (non-hydrogen) atoms. The van der Waals surface area contributed by atoms with E-state index in [2.05, 4.69) is 38.2 Å². The monoisotopic (exact) mass is 422 g/mol. The van der Waals surface area contributed by atoms with Gasteiger partial charge in [0.25, 0.3) is 5.91 Å². The molecule has 1 aliphatic rings. The van der Waals surface area contributed by atoms with Gasteiger partial charge in [0.05, 0.1) is 0 Å². The summed E-state index contributed by atoms with van der Waals surface area (Å²) >= 11 is 0. The van der Waals surface area contributed by atoms with Crippen molar-refractivity contribution in [2.45, 2.75) is 59.1 Å². The summed E-state index contributed by atoms with van der Waals surface area (Å²) < 4.78 is 5.43. The number of rotatable bonds is 5. The van der Waals surface area contributed by atoms with Crippen LogP contribution in [0.25, 0.3) is 0 Å². The maximum atomic E-state index is 12.9. The van der Waals surface area contributed by atoms with Gasteiger partial charge in [0.1, 0.15) is 18.7 Å². The highest BCUT2D eigenvalue weighted by molar-refractivity contribution is 6.08. The van der Waals surface area contributed by atoms with Gasteiger partial charge in [-0.3, -0.25) is 14.5 Å². The van der Waals surface area contributed by atoms with Gasteiger partial charge in [-0.25, -0.2) is 4.79 Å². The van der Waals surface area contributed by atoms with Gasteiger partial charge in [-0.1, -0.05) is 63.2 Å². The van der Waals surface area contributed by atoms with Crippen LogP contribution in [-0.4, -0.2) is 29.4 Å². The van der Waals surface area contributed by atoms with E-state index in [0.29, 0.717) is 5.56 Å².